The van der Waals surface area contributed by atoms with Crippen molar-refractivity contribution in [3.05, 3.63) is 30.0 Å². The zero-order valence-corrected chi connectivity index (χ0v) is 16.4. The molecule has 0 unspecified atom stereocenters. The molecule has 0 aliphatic heterocycles. The van der Waals surface area contributed by atoms with Crippen molar-refractivity contribution in [2.45, 2.75) is 51.9 Å². The Labute approximate surface area is 161 Å². The number of carbonyl (C=O) groups is 1. The number of amides is 1. The van der Waals surface area contributed by atoms with E-state index in [1.165, 1.54) is 19.3 Å². The number of fused-ring (bicyclic) bond motifs is 1. The van der Waals surface area contributed by atoms with Crippen molar-refractivity contribution in [3.8, 4) is 17.6 Å². The van der Waals surface area contributed by atoms with Crippen molar-refractivity contribution in [2.24, 2.45) is 0 Å². The van der Waals surface area contributed by atoms with Gasteiger partial charge in [0.05, 0.1) is 7.11 Å². The normalized spacial score (nSPS) is 10.3. The minimum atomic E-state index is -0.392. The monoisotopic (exact) mass is 370 g/mol. The average molecular weight is 370 g/mol. The number of H-pyrrole nitrogens is 1. The Balaban J connectivity index is 1.62. The SMILES string of the molecule is CCCCCCC#CCCOC(=O)NCCc1c[nH]c2ccc(OC)cc12. The lowest BCUT2D eigenvalue weighted by molar-refractivity contribution is 0.149. The summed E-state index contributed by atoms with van der Waals surface area (Å²) in [4.78, 5) is 15.0. The van der Waals surface area contributed by atoms with E-state index in [1.54, 1.807) is 7.11 Å². The van der Waals surface area contributed by atoms with E-state index >= 15 is 0 Å². The highest BCUT2D eigenvalue weighted by Gasteiger charge is 2.06. The van der Waals surface area contributed by atoms with Gasteiger partial charge in [-0.1, -0.05) is 32.1 Å². The van der Waals surface area contributed by atoms with Crippen LogP contribution in [0.25, 0.3) is 10.9 Å². The van der Waals surface area contributed by atoms with E-state index in [9.17, 15) is 4.79 Å². The van der Waals surface area contributed by atoms with Gasteiger partial charge in [-0.3, -0.25) is 0 Å². The molecule has 5 nitrogen and oxygen atoms in total. The second-order valence-electron chi connectivity index (χ2n) is 6.45. The summed E-state index contributed by atoms with van der Waals surface area (Å²) in [5.41, 5.74) is 2.19. The number of ether oxygens (including phenoxy) is 2. The number of rotatable bonds is 10. The maximum Gasteiger partial charge on any atom is 0.407 e. The van der Waals surface area contributed by atoms with Crippen LogP contribution in [0, 0.1) is 11.8 Å². The van der Waals surface area contributed by atoms with Gasteiger partial charge < -0.3 is 19.8 Å². The van der Waals surface area contributed by atoms with Gasteiger partial charge in [0.15, 0.2) is 0 Å². The highest BCUT2D eigenvalue weighted by Crippen LogP contribution is 2.23. The van der Waals surface area contributed by atoms with E-state index < -0.39 is 6.09 Å². The van der Waals surface area contributed by atoms with Crippen LogP contribution in [0.15, 0.2) is 24.4 Å². The van der Waals surface area contributed by atoms with Gasteiger partial charge >= 0.3 is 6.09 Å². The van der Waals surface area contributed by atoms with Crippen LogP contribution < -0.4 is 10.1 Å². The van der Waals surface area contributed by atoms with Crippen LogP contribution in [0.3, 0.4) is 0 Å². The van der Waals surface area contributed by atoms with E-state index in [0.717, 1.165) is 41.5 Å². The van der Waals surface area contributed by atoms with E-state index in [2.05, 4.69) is 29.1 Å². The van der Waals surface area contributed by atoms with Gasteiger partial charge in [-0.05, 0) is 36.6 Å². The molecule has 27 heavy (non-hydrogen) atoms. The summed E-state index contributed by atoms with van der Waals surface area (Å²) in [5.74, 6) is 7.01. The first kappa shape index (κ1) is 20.7. The molecular weight excluding hydrogens is 340 g/mol. The third-order valence-electron chi connectivity index (χ3n) is 4.38. The fraction of sp³-hybridized carbons (Fsp3) is 0.500. The molecule has 0 spiro atoms. The van der Waals surface area contributed by atoms with Gasteiger partial charge in [-0.25, -0.2) is 4.79 Å². The quantitative estimate of drug-likeness (QED) is 0.466. The third-order valence-corrected chi connectivity index (χ3v) is 4.38. The Hall–Kier alpha value is -2.61. The number of carbonyl (C=O) groups excluding carboxylic acids is 1. The molecule has 0 saturated carbocycles. The highest BCUT2D eigenvalue weighted by atomic mass is 16.5. The predicted molar refractivity (Wildman–Crippen MR) is 109 cm³/mol. The first-order valence-electron chi connectivity index (χ1n) is 9.75. The van der Waals surface area contributed by atoms with Gasteiger partial charge in [0, 0.05) is 36.5 Å². The molecule has 0 radical (unpaired) electrons. The van der Waals surface area contributed by atoms with Crippen molar-refractivity contribution >= 4 is 17.0 Å². The maximum absolute atomic E-state index is 11.7. The second kappa shape index (κ2) is 11.9. The van der Waals surface area contributed by atoms with E-state index in [-0.39, 0.29) is 0 Å². The molecule has 0 bridgehead atoms. The third kappa shape index (κ3) is 7.26. The van der Waals surface area contributed by atoms with E-state index in [4.69, 9.17) is 9.47 Å². The van der Waals surface area contributed by atoms with Crippen LogP contribution in [0.5, 0.6) is 5.75 Å². The van der Waals surface area contributed by atoms with Gasteiger partial charge in [-0.15, -0.1) is 5.92 Å². The Morgan fingerprint density at radius 3 is 2.85 bits per heavy atom. The maximum atomic E-state index is 11.7. The number of nitrogens with one attached hydrogen (secondary N) is 2. The molecule has 0 aliphatic rings. The molecule has 2 rings (SSSR count). The molecule has 2 N–H and O–H groups in total. The van der Waals surface area contributed by atoms with Crippen LogP contribution in [0.2, 0.25) is 0 Å². The number of unbranched alkanes of at least 4 members (excludes halogenated alkanes) is 4. The minimum Gasteiger partial charge on any atom is -0.497 e. The molecule has 5 heteroatoms. The smallest absolute Gasteiger partial charge is 0.407 e. The number of hydrogen-bond donors (Lipinski definition) is 2. The van der Waals surface area contributed by atoms with Gasteiger partial charge in [-0.2, -0.15) is 0 Å². The van der Waals surface area contributed by atoms with Crippen molar-refractivity contribution in [3.63, 3.8) is 0 Å². The number of benzene rings is 1. The Bertz CT molecular complexity index is 771. The van der Waals surface area contributed by atoms with Gasteiger partial charge in [0.2, 0.25) is 0 Å². The minimum absolute atomic E-state index is 0.331. The number of alkyl carbamates (subject to hydrolysis) is 1. The largest absolute Gasteiger partial charge is 0.497 e. The lowest BCUT2D eigenvalue weighted by atomic mass is 10.1. The molecule has 0 atom stereocenters. The summed E-state index contributed by atoms with van der Waals surface area (Å²) >= 11 is 0. The standard InChI is InChI=1S/C22H30N2O3/c1-3-4-5-6-7-8-9-10-15-27-22(25)23-14-13-18-17-24-21-12-11-19(26-2)16-20(18)21/h11-12,16-17,24H,3-7,10,13-15H2,1-2H3,(H,23,25). The first-order valence-corrected chi connectivity index (χ1v) is 9.75. The summed E-state index contributed by atoms with van der Waals surface area (Å²) < 4.78 is 10.4. The molecule has 1 aromatic heterocycles. The lowest BCUT2D eigenvalue weighted by Crippen LogP contribution is -2.26. The summed E-state index contributed by atoms with van der Waals surface area (Å²) in [6.45, 7) is 3.05. The summed E-state index contributed by atoms with van der Waals surface area (Å²) in [5, 5.41) is 3.89. The van der Waals surface area contributed by atoms with Crippen molar-refractivity contribution in [1.82, 2.24) is 10.3 Å². The average Bonchev–Trinajstić information content (AvgIpc) is 3.09. The highest BCUT2D eigenvalue weighted by molar-refractivity contribution is 5.84. The second-order valence-corrected chi connectivity index (χ2v) is 6.45. The first-order chi connectivity index (χ1) is 13.2. The molecule has 1 heterocycles. The van der Waals surface area contributed by atoms with Crippen molar-refractivity contribution in [2.75, 3.05) is 20.3 Å². The molecule has 0 fully saturated rings. The molecule has 1 amide bonds. The Kier molecular flexibility index (Phi) is 9.12. The summed E-state index contributed by atoms with van der Waals surface area (Å²) in [7, 11) is 1.65. The fourth-order valence-electron chi connectivity index (χ4n) is 2.85. The molecule has 0 aliphatic carbocycles. The van der Waals surface area contributed by atoms with Crippen LogP contribution >= 0.6 is 0 Å². The van der Waals surface area contributed by atoms with Gasteiger partial charge in [0.1, 0.15) is 12.4 Å². The number of aromatic amines is 1. The topological polar surface area (TPSA) is 63.3 Å². The van der Waals surface area contributed by atoms with E-state index in [0.29, 0.717) is 19.6 Å². The van der Waals surface area contributed by atoms with Crippen molar-refractivity contribution < 1.29 is 14.3 Å². The lowest BCUT2D eigenvalue weighted by Gasteiger charge is -2.05. The number of aromatic nitrogens is 1. The van der Waals surface area contributed by atoms with Crippen LogP contribution in [-0.4, -0.2) is 31.3 Å². The summed E-state index contributed by atoms with van der Waals surface area (Å²) in [6, 6.07) is 5.91. The Morgan fingerprint density at radius 1 is 1.19 bits per heavy atom. The number of hydrogen-bond acceptors (Lipinski definition) is 3. The zero-order valence-electron chi connectivity index (χ0n) is 16.4. The van der Waals surface area contributed by atoms with Gasteiger partial charge in [0.25, 0.3) is 0 Å². The summed E-state index contributed by atoms with van der Waals surface area (Å²) in [6.07, 6.45) is 8.73. The molecule has 0 saturated heterocycles. The molecule has 146 valence electrons. The van der Waals surface area contributed by atoms with Crippen molar-refractivity contribution in [1.29, 1.82) is 0 Å². The van der Waals surface area contributed by atoms with Crippen LogP contribution in [0.1, 0.15) is 51.0 Å². The Morgan fingerprint density at radius 2 is 2.04 bits per heavy atom. The molecule has 1 aromatic carbocycles. The fourth-order valence-corrected chi connectivity index (χ4v) is 2.85. The predicted octanol–water partition coefficient (Wildman–Crippen LogP) is 4.81. The zero-order chi connectivity index (χ0) is 19.3. The van der Waals surface area contributed by atoms with Crippen LogP contribution in [-0.2, 0) is 11.2 Å². The van der Waals surface area contributed by atoms with E-state index in [1.807, 2.05) is 24.4 Å². The molecule has 2 aromatic rings. The van der Waals surface area contributed by atoms with Crippen LogP contribution in [0.4, 0.5) is 4.79 Å². The molecular formula is C22H30N2O3. The number of methoxy groups -OCH3 is 1.